The summed E-state index contributed by atoms with van der Waals surface area (Å²) in [6, 6.07) is 7.60. The molecular formula is C27H36N2O2S. The molecule has 0 bridgehead atoms. The number of benzene rings is 1. The summed E-state index contributed by atoms with van der Waals surface area (Å²) < 4.78 is 0. The van der Waals surface area contributed by atoms with Crippen molar-refractivity contribution in [3.63, 3.8) is 0 Å². The monoisotopic (exact) mass is 452 g/mol. The Morgan fingerprint density at radius 1 is 1.03 bits per heavy atom. The van der Waals surface area contributed by atoms with Gasteiger partial charge in [-0.2, -0.15) is 0 Å². The summed E-state index contributed by atoms with van der Waals surface area (Å²) in [5.41, 5.74) is 3.94. The van der Waals surface area contributed by atoms with Crippen molar-refractivity contribution in [3.8, 4) is 0 Å². The number of anilines is 1. The van der Waals surface area contributed by atoms with Crippen LogP contribution in [0.25, 0.3) is 0 Å². The number of nitrogens with one attached hydrogen (secondary N) is 1. The fourth-order valence-electron chi connectivity index (χ4n) is 4.95. The molecule has 4 rings (SSSR count). The Kier molecular flexibility index (Phi) is 6.75. The van der Waals surface area contributed by atoms with E-state index in [-0.39, 0.29) is 17.2 Å². The molecule has 32 heavy (non-hydrogen) atoms. The van der Waals surface area contributed by atoms with Gasteiger partial charge in [0.15, 0.2) is 0 Å². The molecule has 1 aromatic carbocycles. The predicted octanol–water partition coefficient (Wildman–Crippen LogP) is 6.48. The third-order valence-corrected chi connectivity index (χ3v) is 8.31. The highest BCUT2D eigenvalue weighted by atomic mass is 32.1. The standard InChI is InChI=1S/C27H36N2O2S/c1-18-9-11-19(12-10-18)24(30)28-25-23(26(31)29-15-7-5-6-8-16-29)21-14-13-20(27(2,3)4)17-22(21)32-25/h9-12,20H,5-8,13-17H2,1-4H3,(H,28,30). The lowest BCUT2D eigenvalue weighted by Crippen LogP contribution is -2.33. The van der Waals surface area contributed by atoms with Crippen molar-refractivity contribution in [2.45, 2.75) is 72.6 Å². The van der Waals surface area contributed by atoms with Crippen LogP contribution in [0.2, 0.25) is 0 Å². The van der Waals surface area contributed by atoms with Gasteiger partial charge in [0.2, 0.25) is 0 Å². The first kappa shape index (κ1) is 23.0. The van der Waals surface area contributed by atoms with E-state index in [2.05, 4.69) is 26.1 Å². The van der Waals surface area contributed by atoms with Crippen LogP contribution in [-0.4, -0.2) is 29.8 Å². The summed E-state index contributed by atoms with van der Waals surface area (Å²) in [6.45, 7) is 10.6. The lowest BCUT2D eigenvalue weighted by atomic mass is 9.72. The average molecular weight is 453 g/mol. The molecule has 1 saturated heterocycles. The van der Waals surface area contributed by atoms with Crippen LogP contribution in [-0.2, 0) is 12.8 Å². The maximum Gasteiger partial charge on any atom is 0.257 e. The van der Waals surface area contributed by atoms with E-state index in [1.165, 1.54) is 23.3 Å². The molecule has 5 heteroatoms. The lowest BCUT2D eigenvalue weighted by Gasteiger charge is -2.34. The van der Waals surface area contributed by atoms with E-state index in [9.17, 15) is 9.59 Å². The van der Waals surface area contributed by atoms with E-state index >= 15 is 0 Å². The number of fused-ring (bicyclic) bond motifs is 1. The van der Waals surface area contributed by atoms with E-state index in [1.54, 1.807) is 11.3 Å². The van der Waals surface area contributed by atoms with Crippen molar-refractivity contribution in [3.05, 3.63) is 51.4 Å². The van der Waals surface area contributed by atoms with Crippen molar-refractivity contribution >= 4 is 28.2 Å². The zero-order chi connectivity index (χ0) is 22.9. The number of rotatable bonds is 3. The van der Waals surface area contributed by atoms with Crippen LogP contribution in [0.15, 0.2) is 24.3 Å². The van der Waals surface area contributed by atoms with E-state index in [0.717, 1.165) is 61.3 Å². The maximum atomic E-state index is 13.7. The second-order valence-electron chi connectivity index (χ2n) is 10.5. The molecule has 172 valence electrons. The topological polar surface area (TPSA) is 49.4 Å². The summed E-state index contributed by atoms with van der Waals surface area (Å²) in [6.07, 6.45) is 7.52. The second-order valence-corrected chi connectivity index (χ2v) is 11.6. The van der Waals surface area contributed by atoms with Crippen LogP contribution in [0.4, 0.5) is 5.00 Å². The molecule has 1 aliphatic heterocycles. The van der Waals surface area contributed by atoms with Crippen LogP contribution in [0.5, 0.6) is 0 Å². The summed E-state index contributed by atoms with van der Waals surface area (Å²) in [5, 5.41) is 3.86. The lowest BCUT2D eigenvalue weighted by molar-refractivity contribution is 0.0761. The van der Waals surface area contributed by atoms with Crippen LogP contribution in [0, 0.1) is 18.3 Å². The van der Waals surface area contributed by atoms with Crippen LogP contribution in [0.1, 0.15) is 89.6 Å². The average Bonchev–Trinajstić information content (AvgIpc) is 2.90. The number of likely N-dealkylation sites (tertiary alicyclic amines) is 1. The third kappa shape index (κ3) is 4.93. The Hall–Kier alpha value is -2.14. The van der Waals surface area contributed by atoms with Gasteiger partial charge in [-0.3, -0.25) is 9.59 Å². The molecular weight excluding hydrogens is 416 g/mol. The van der Waals surface area contributed by atoms with Crippen molar-refractivity contribution in [1.82, 2.24) is 4.90 Å². The van der Waals surface area contributed by atoms with Gasteiger partial charge < -0.3 is 10.2 Å². The summed E-state index contributed by atoms with van der Waals surface area (Å²) in [4.78, 5) is 30.1. The molecule has 1 atom stereocenters. The van der Waals surface area contributed by atoms with Gasteiger partial charge in [0.25, 0.3) is 11.8 Å². The zero-order valence-electron chi connectivity index (χ0n) is 19.9. The summed E-state index contributed by atoms with van der Waals surface area (Å²) >= 11 is 1.63. The molecule has 1 aliphatic carbocycles. The number of nitrogens with zero attached hydrogens (tertiary/aromatic N) is 1. The van der Waals surface area contributed by atoms with Gasteiger partial charge in [-0.25, -0.2) is 0 Å². The SMILES string of the molecule is Cc1ccc(C(=O)Nc2sc3c(c2C(=O)N2CCCCCC2)CCC(C(C)(C)C)C3)cc1. The normalized spacial score (nSPS) is 19.2. The van der Waals surface area contributed by atoms with Gasteiger partial charge in [0, 0.05) is 23.5 Å². The molecule has 1 aromatic heterocycles. The molecule has 1 fully saturated rings. The molecule has 2 aliphatic rings. The molecule has 2 heterocycles. The van der Waals surface area contributed by atoms with Crippen molar-refractivity contribution in [1.29, 1.82) is 0 Å². The van der Waals surface area contributed by atoms with Gasteiger partial charge in [-0.1, -0.05) is 51.3 Å². The molecule has 2 amide bonds. The van der Waals surface area contributed by atoms with Crippen molar-refractivity contribution in [2.24, 2.45) is 11.3 Å². The highest BCUT2D eigenvalue weighted by molar-refractivity contribution is 7.17. The van der Waals surface area contributed by atoms with Gasteiger partial charge in [-0.15, -0.1) is 11.3 Å². The molecule has 0 saturated carbocycles. The molecule has 4 nitrogen and oxygen atoms in total. The second kappa shape index (κ2) is 9.38. The third-order valence-electron chi connectivity index (χ3n) is 7.14. The van der Waals surface area contributed by atoms with Crippen molar-refractivity contribution < 1.29 is 9.59 Å². The smallest absolute Gasteiger partial charge is 0.257 e. The number of carbonyl (C=O) groups excluding carboxylic acids is 2. The zero-order valence-corrected chi connectivity index (χ0v) is 20.7. The van der Waals surface area contributed by atoms with E-state index < -0.39 is 0 Å². The Morgan fingerprint density at radius 2 is 1.69 bits per heavy atom. The van der Waals surface area contributed by atoms with E-state index in [1.807, 2.05) is 36.1 Å². The van der Waals surface area contributed by atoms with Crippen LogP contribution in [0.3, 0.4) is 0 Å². The van der Waals surface area contributed by atoms with Gasteiger partial charge in [0.05, 0.1) is 5.56 Å². The Morgan fingerprint density at radius 3 is 2.31 bits per heavy atom. The minimum Gasteiger partial charge on any atom is -0.339 e. The Labute approximate surface area is 196 Å². The maximum absolute atomic E-state index is 13.7. The molecule has 1 unspecified atom stereocenters. The number of carbonyl (C=O) groups is 2. The molecule has 2 aromatic rings. The highest BCUT2D eigenvalue weighted by Crippen LogP contribution is 2.44. The number of hydrogen-bond acceptors (Lipinski definition) is 3. The summed E-state index contributed by atoms with van der Waals surface area (Å²) in [7, 11) is 0. The molecule has 0 spiro atoms. The molecule has 0 radical (unpaired) electrons. The number of aryl methyl sites for hydroxylation is 1. The van der Waals surface area contributed by atoms with Gasteiger partial charge in [-0.05, 0) is 68.1 Å². The fourth-order valence-corrected chi connectivity index (χ4v) is 6.27. The number of hydrogen-bond donors (Lipinski definition) is 1. The Bertz CT molecular complexity index is 976. The minimum atomic E-state index is -0.138. The van der Waals surface area contributed by atoms with E-state index in [0.29, 0.717) is 11.5 Å². The minimum absolute atomic E-state index is 0.109. The number of amides is 2. The van der Waals surface area contributed by atoms with Crippen LogP contribution < -0.4 is 5.32 Å². The van der Waals surface area contributed by atoms with Gasteiger partial charge >= 0.3 is 0 Å². The first-order valence-corrected chi connectivity index (χ1v) is 12.9. The molecule has 1 N–H and O–H groups in total. The summed E-state index contributed by atoms with van der Waals surface area (Å²) in [5.74, 6) is 0.564. The Balaban J connectivity index is 1.67. The van der Waals surface area contributed by atoms with E-state index in [4.69, 9.17) is 0 Å². The highest BCUT2D eigenvalue weighted by Gasteiger charge is 2.35. The van der Waals surface area contributed by atoms with Crippen LogP contribution >= 0.6 is 11.3 Å². The first-order valence-electron chi connectivity index (χ1n) is 12.1. The first-order chi connectivity index (χ1) is 15.2. The predicted molar refractivity (Wildman–Crippen MR) is 133 cm³/mol. The fraction of sp³-hybridized carbons (Fsp3) is 0.556. The largest absolute Gasteiger partial charge is 0.339 e. The van der Waals surface area contributed by atoms with Crippen molar-refractivity contribution in [2.75, 3.05) is 18.4 Å². The quantitative estimate of drug-likeness (QED) is 0.580. The number of thiophene rings is 1. The van der Waals surface area contributed by atoms with Gasteiger partial charge in [0.1, 0.15) is 5.00 Å².